The first-order chi connectivity index (χ1) is 12.8. The Kier molecular flexibility index (Phi) is 5.07. The lowest BCUT2D eigenvalue weighted by Crippen LogP contribution is -2.31. The van der Waals surface area contributed by atoms with Gasteiger partial charge in [0.2, 0.25) is 0 Å². The van der Waals surface area contributed by atoms with Gasteiger partial charge in [-0.05, 0) is 37.1 Å². The standard InChI is InChI=1S/C21H24N4O/c26-14-16-7-2-1-3-10-18(16)23-21-17-9-4-5-11-19(17)24-20(25-21)15-8-6-12-22-13-15/h4-6,8-9,11-13,16,18,26H,1-3,7,10,14H2,(H,23,24,25)/t16-,18+/m0/s1. The number of rotatable bonds is 4. The molecule has 134 valence electrons. The molecule has 1 aliphatic rings. The van der Waals surface area contributed by atoms with Crippen LogP contribution < -0.4 is 5.32 Å². The Morgan fingerprint density at radius 1 is 1.00 bits per heavy atom. The molecule has 5 nitrogen and oxygen atoms in total. The summed E-state index contributed by atoms with van der Waals surface area (Å²) >= 11 is 0. The highest BCUT2D eigenvalue weighted by Crippen LogP contribution is 2.29. The van der Waals surface area contributed by atoms with Gasteiger partial charge in [-0.2, -0.15) is 0 Å². The van der Waals surface area contributed by atoms with E-state index in [1.807, 2.05) is 30.3 Å². The normalized spacial score (nSPS) is 20.7. The molecule has 1 fully saturated rings. The second-order valence-corrected chi connectivity index (χ2v) is 6.99. The quantitative estimate of drug-likeness (QED) is 0.696. The maximum absolute atomic E-state index is 9.83. The number of aliphatic hydroxyl groups excluding tert-OH is 1. The number of aromatic nitrogens is 3. The zero-order valence-electron chi connectivity index (χ0n) is 14.8. The highest BCUT2D eigenvalue weighted by Gasteiger charge is 2.24. The number of fused-ring (bicyclic) bond motifs is 1. The summed E-state index contributed by atoms with van der Waals surface area (Å²) in [5.41, 5.74) is 1.82. The van der Waals surface area contributed by atoms with Crippen LogP contribution in [0.4, 0.5) is 5.82 Å². The van der Waals surface area contributed by atoms with Crippen LogP contribution in [-0.2, 0) is 0 Å². The fourth-order valence-corrected chi connectivity index (χ4v) is 3.78. The molecule has 2 atom stereocenters. The Labute approximate surface area is 153 Å². The molecule has 1 saturated carbocycles. The molecule has 0 unspecified atom stereocenters. The third kappa shape index (κ3) is 3.53. The summed E-state index contributed by atoms with van der Waals surface area (Å²) < 4.78 is 0. The van der Waals surface area contributed by atoms with Gasteiger partial charge >= 0.3 is 0 Å². The summed E-state index contributed by atoms with van der Waals surface area (Å²) in [4.78, 5) is 13.7. The molecule has 0 saturated heterocycles. The van der Waals surface area contributed by atoms with Gasteiger partial charge in [0.05, 0.1) is 5.52 Å². The van der Waals surface area contributed by atoms with Crippen LogP contribution in [0.2, 0.25) is 0 Å². The minimum Gasteiger partial charge on any atom is -0.396 e. The van der Waals surface area contributed by atoms with Gasteiger partial charge < -0.3 is 10.4 Å². The van der Waals surface area contributed by atoms with Crippen molar-refractivity contribution in [3.05, 3.63) is 48.8 Å². The van der Waals surface area contributed by atoms with Crippen molar-refractivity contribution in [1.82, 2.24) is 15.0 Å². The average Bonchev–Trinajstić information content (AvgIpc) is 2.93. The highest BCUT2D eigenvalue weighted by atomic mass is 16.3. The molecule has 5 heteroatoms. The molecule has 1 aromatic carbocycles. The Balaban J connectivity index is 1.75. The molecule has 3 aromatic rings. The predicted molar refractivity (Wildman–Crippen MR) is 104 cm³/mol. The number of para-hydroxylation sites is 1. The fourth-order valence-electron chi connectivity index (χ4n) is 3.78. The first-order valence-corrected chi connectivity index (χ1v) is 9.40. The number of anilines is 1. The van der Waals surface area contributed by atoms with Crippen LogP contribution in [0.1, 0.15) is 32.1 Å². The molecule has 0 spiro atoms. The maximum atomic E-state index is 9.83. The highest BCUT2D eigenvalue weighted by molar-refractivity contribution is 5.90. The van der Waals surface area contributed by atoms with Gasteiger partial charge in [0.25, 0.3) is 0 Å². The van der Waals surface area contributed by atoms with Gasteiger partial charge in [-0.1, -0.05) is 31.4 Å². The minimum atomic E-state index is 0.218. The van der Waals surface area contributed by atoms with Crippen molar-refractivity contribution < 1.29 is 5.11 Å². The number of nitrogens with one attached hydrogen (secondary N) is 1. The van der Waals surface area contributed by atoms with Crippen LogP contribution in [-0.4, -0.2) is 32.7 Å². The molecular formula is C21H24N4O. The first kappa shape index (κ1) is 16.9. The third-order valence-electron chi connectivity index (χ3n) is 5.24. The monoisotopic (exact) mass is 348 g/mol. The van der Waals surface area contributed by atoms with E-state index in [2.05, 4.69) is 16.4 Å². The Hall–Kier alpha value is -2.53. The van der Waals surface area contributed by atoms with E-state index in [1.54, 1.807) is 12.4 Å². The van der Waals surface area contributed by atoms with E-state index >= 15 is 0 Å². The van der Waals surface area contributed by atoms with E-state index in [0.29, 0.717) is 5.82 Å². The van der Waals surface area contributed by atoms with Crippen molar-refractivity contribution in [2.24, 2.45) is 5.92 Å². The molecule has 2 aromatic heterocycles. The first-order valence-electron chi connectivity index (χ1n) is 9.40. The summed E-state index contributed by atoms with van der Waals surface area (Å²) in [7, 11) is 0. The van der Waals surface area contributed by atoms with Crippen molar-refractivity contribution in [3.8, 4) is 11.4 Å². The molecule has 4 rings (SSSR count). The largest absolute Gasteiger partial charge is 0.396 e. The smallest absolute Gasteiger partial charge is 0.163 e. The van der Waals surface area contributed by atoms with E-state index in [-0.39, 0.29) is 18.6 Å². The maximum Gasteiger partial charge on any atom is 0.163 e. The fraction of sp³-hybridized carbons (Fsp3) is 0.381. The predicted octanol–water partition coefficient (Wildman–Crippen LogP) is 4.04. The topological polar surface area (TPSA) is 70.9 Å². The van der Waals surface area contributed by atoms with Crippen LogP contribution in [0.5, 0.6) is 0 Å². The van der Waals surface area contributed by atoms with Crippen molar-refractivity contribution in [2.45, 2.75) is 38.1 Å². The second kappa shape index (κ2) is 7.79. The summed E-state index contributed by atoms with van der Waals surface area (Å²) in [5, 5.41) is 14.5. The molecule has 0 aliphatic heterocycles. The number of aliphatic hydroxyl groups is 1. The zero-order valence-corrected chi connectivity index (χ0v) is 14.8. The lowest BCUT2D eigenvalue weighted by Gasteiger charge is -2.25. The van der Waals surface area contributed by atoms with Crippen molar-refractivity contribution in [3.63, 3.8) is 0 Å². The molecular weight excluding hydrogens is 324 g/mol. The average molecular weight is 348 g/mol. The summed E-state index contributed by atoms with van der Waals surface area (Å²) in [6.07, 6.45) is 9.28. The van der Waals surface area contributed by atoms with Crippen molar-refractivity contribution in [2.75, 3.05) is 11.9 Å². The Morgan fingerprint density at radius 2 is 1.88 bits per heavy atom. The molecule has 2 N–H and O–H groups in total. The van der Waals surface area contributed by atoms with Crippen molar-refractivity contribution in [1.29, 1.82) is 0 Å². The molecule has 1 aliphatic carbocycles. The van der Waals surface area contributed by atoms with Crippen LogP contribution in [0.15, 0.2) is 48.8 Å². The van der Waals surface area contributed by atoms with Crippen LogP contribution in [0, 0.1) is 5.92 Å². The van der Waals surface area contributed by atoms with Crippen molar-refractivity contribution >= 4 is 16.7 Å². The summed E-state index contributed by atoms with van der Waals surface area (Å²) in [6.45, 7) is 0.218. The Bertz CT molecular complexity index is 868. The molecule has 0 bridgehead atoms. The van der Waals surface area contributed by atoms with Gasteiger partial charge in [0.1, 0.15) is 5.82 Å². The van der Waals surface area contributed by atoms with Gasteiger partial charge in [-0.3, -0.25) is 4.98 Å². The molecule has 0 radical (unpaired) electrons. The zero-order chi connectivity index (χ0) is 17.8. The van der Waals surface area contributed by atoms with Gasteiger partial charge in [-0.25, -0.2) is 9.97 Å². The molecule has 26 heavy (non-hydrogen) atoms. The third-order valence-corrected chi connectivity index (χ3v) is 5.24. The number of hydrogen-bond donors (Lipinski definition) is 2. The van der Waals surface area contributed by atoms with Gasteiger partial charge in [0, 0.05) is 41.9 Å². The van der Waals surface area contributed by atoms with E-state index < -0.39 is 0 Å². The summed E-state index contributed by atoms with van der Waals surface area (Å²) in [5.74, 6) is 1.79. The molecule has 2 heterocycles. The Morgan fingerprint density at radius 3 is 2.73 bits per heavy atom. The SMILES string of the molecule is OC[C@@H]1CCCCC[C@H]1Nc1nc(-c2cccnc2)nc2ccccc12. The van der Waals surface area contributed by atoms with Crippen LogP contribution in [0.25, 0.3) is 22.3 Å². The number of pyridine rings is 1. The number of benzene rings is 1. The van der Waals surface area contributed by atoms with Gasteiger partial charge in [0.15, 0.2) is 5.82 Å². The van der Waals surface area contributed by atoms with Gasteiger partial charge in [-0.15, -0.1) is 0 Å². The van der Waals surface area contributed by atoms with Crippen LogP contribution in [0.3, 0.4) is 0 Å². The number of nitrogens with zero attached hydrogens (tertiary/aromatic N) is 3. The van der Waals surface area contributed by atoms with E-state index in [1.165, 1.54) is 19.3 Å². The second-order valence-electron chi connectivity index (χ2n) is 6.99. The lowest BCUT2D eigenvalue weighted by molar-refractivity contribution is 0.203. The van der Waals surface area contributed by atoms with E-state index in [0.717, 1.165) is 35.1 Å². The van der Waals surface area contributed by atoms with E-state index in [4.69, 9.17) is 9.97 Å². The lowest BCUT2D eigenvalue weighted by atomic mass is 9.95. The van der Waals surface area contributed by atoms with E-state index in [9.17, 15) is 5.11 Å². The number of hydrogen-bond acceptors (Lipinski definition) is 5. The molecule has 0 amide bonds. The summed E-state index contributed by atoms with van der Waals surface area (Å²) in [6, 6.07) is 12.2. The minimum absolute atomic E-state index is 0.218. The van der Waals surface area contributed by atoms with Crippen LogP contribution >= 0.6 is 0 Å².